The van der Waals surface area contributed by atoms with Crippen molar-refractivity contribution in [3.8, 4) is 0 Å². The zero-order valence-electron chi connectivity index (χ0n) is 7.94. The molecule has 0 aromatic heterocycles. The number of hydrogen-bond donors (Lipinski definition) is 0. The Hall–Kier alpha value is -0.920. The van der Waals surface area contributed by atoms with Crippen LogP contribution in [0.4, 0.5) is 30.7 Å². The second-order valence-electron chi connectivity index (χ2n) is 3.00. The van der Waals surface area contributed by atoms with Gasteiger partial charge in [0.1, 0.15) is 0 Å². The molecule has 96 valence electrons. The van der Waals surface area contributed by atoms with Gasteiger partial charge in [-0.1, -0.05) is 18.2 Å². The summed E-state index contributed by atoms with van der Waals surface area (Å²) < 4.78 is 86.1. The molecule has 0 heterocycles. The summed E-state index contributed by atoms with van der Waals surface area (Å²) in [6.07, 6.45) is -6.29. The molecule has 0 saturated heterocycles. The molecule has 0 atom stereocenters. The van der Waals surface area contributed by atoms with Crippen LogP contribution < -0.4 is 0 Å². The second kappa shape index (κ2) is 4.40. The van der Waals surface area contributed by atoms with Gasteiger partial charge in [-0.15, -0.1) is 0 Å². The number of hydrogen-bond acceptors (Lipinski definition) is 1. The SMILES string of the molecule is FC(F)(F)C(F)(F)C(F)(F)Sc1ccccc1. The van der Waals surface area contributed by atoms with E-state index in [-0.39, 0.29) is 4.90 Å². The van der Waals surface area contributed by atoms with Crippen LogP contribution in [0.1, 0.15) is 0 Å². The first-order valence-corrected chi connectivity index (χ1v) is 4.96. The molecular weight excluding hydrogens is 273 g/mol. The first kappa shape index (κ1) is 14.1. The summed E-state index contributed by atoms with van der Waals surface area (Å²) in [6.45, 7) is 0. The second-order valence-corrected chi connectivity index (χ2v) is 4.19. The molecule has 1 rings (SSSR count). The Morgan fingerprint density at radius 3 is 1.65 bits per heavy atom. The molecule has 8 heteroatoms. The van der Waals surface area contributed by atoms with E-state index in [0.29, 0.717) is 0 Å². The molecule has 0 aliphatic rings. The molecule has 0 unspecified atom stereocenters. The van der Waals surface area contributed by atoms with E-state index in [1.54, 1.807) is 0 Å². The van der Waals surface area contributed by atoms with Crippen LogP contribution in [0.25, 0.3) is 0 Å². The molecule has 0 amide bonds. The van der Waals surface area contributed by atoms with Crippen molar-refractivity contribution in [3.05, 3.63) is 30.3 Å². The molecule has 0 bridgehead atoms. The average molecular weight is 278 g/mol. The molecule has 1 aromatic rings. The molecule has 0 aliphatic carbocycles. The standard InChI is InChI=1S/C9H5F7S/c10-7(11,8(12,13)14)9(15,16)17-6-4-2-1-3-5-6/h1-5H. The molecule has 0 spiro atoms. The maximum Gasteiger partial charge on any atom is 0.460 e. The van der Waals surface area contributed by atoms with E-state index < -0.39 is 29.1 Å². The fourth-order valence-corrected chi connectivity index (χ4v) is 1.70. The molecular formula is C9H5F7S. The van der Waals surface area contributed by atoms with Gasteiger partial charge in [-0.25, -0.2) is 0 Å². The molecule has 0 nitrogen and oxygen atoms in total. The molecule has 0 aliphatic heterocycles. The van der Waals surface area contributed by atoms with E-state index in [2.05, 4.69) is 0 Å². The van der Waals surface area contributed by atoms with Crippen LogP contribution in [0.15, 0.2) is 35.2 Å². The van der Waals surface area contributed by atoms with Crippen LogP contribution in [-0.4, -0.2) is 17.4 Å². The lowest BCUT2D eigenvalue weighted by molar-refractivity contribution is -0.330. The van der Waals surface area contributed by atoms with Crippen LogP contribution in [0, 0.1) is 0 Å². The number of rotatable bonds is 3. The lowest BCUT2D eigenvalue weighted by atomic mass is 10.3. The van der Waals surface area contributed by atoms with Crippen LogP contribution in [0.5, 0.6) is 0 Å². The van der Waals surface area contributed by atoms with Crippen LogP contribution in [0.2, 0.25) is 0 Å². The zero-order valence-corrected chi connectivity index (χ0v) is 8.76. The third kappa shape index (κ3) is 2.85. The van der Waals surface area contributed by atoms with Crippen molar-refractivity contribution >= 4 is 11.8 Å². The number of thioether (sulfide) groups is 1. The maximum absolute atomic E-state index is 12.9. The monoisotopic (exact) mass is 278 g/mol. The Morgan fingerprint density at radius 1 is 0.765 bits per heavy atom. The van der Waals surface area contributed by atoms with Crippen molar-refractivity contribution in [2.45, 2.75) is 22.2 Å². The Kier molecular flexibility index (Phi) is 3.66. The van der Waals surface area contributed by atoms with Crippen molar-refractivity contribution < 1.29 is 30.7 Å². The third-order valence-electron chi connectivity index (χ3n) is 1.71. The van der Waals surface area contributed by atoms with E-state index in [9.17, 15) is 30.7 Å². The Morgan fingerprint density at radius 2 is 1.24 bits per heavy atom. The highest BCUT2D eigenvalue weighted by Crippen LogP contribution is 2.53. The summed E-state index contributed by atoms with van der Waals surface area (Å²) in [4.78, 5) is -0.374. The molecule has 1 aromatic carbocycles. The fraction of sp³-hybridized carbons (Fsp3) is 0.333. The highest BCUT2D eigenvalue weighted by atomic mass is 32.2. The number of alkyl halides is 7. The summed E-state index contributed by atoms with van der Waals surface area (Å²) in [6, 6.07) is 5.97. The number of benzene rings is 1. The molecule has 0 saturated carbocycles. The van der Waals surface area contributed by atoms with Gasteiger partial charge in [0.25, 0.3) is 0 Å². The van der Waals surface area contributed by atoms with Crippen LogP contribution in [-0.2, 0) is 0 Å². The summed E-state index contributed by atoms with van der Waals surface area (Å²) in [7, 11) is 0. The summed E-state index contributed by atoms with van der Waals surface area (Å²) in [5.74, 6) is -6.08. The first-order valence-electron chi connectivity index (χ1n) is 4.14. The first-order chi connectivity index (χ1) is 7.58. The predicted molar refractivity (Wildman–Crippen MR) is 48.2 cm³/mol. The van der Waals surface area contributed by atoms with Crippen LogP contribution in [0.3, 0.4) is 0 Å². The van der Waals surface area contributed by atoms with Gasteiger partial charge in [-0.2, -0.15) is 30.7 Å². The highest BCUT2D eigenvalue weighted by molar-refractivity contribution is 8.00. The van der Waals surface area contributed by atoms with E-state index in [4.69, 9.17) is 0 Å². The minimum Gasteiger partial charge on any atom is -0.188 e. The van der Waals surface area contributed by atoms with Crippen molar-refractivity contribution in [2.24, 2.45) is 0 Å². The van der Waals surface area contributed by atoms with Gasteiger partial charge in [0.05, 0.1) is 0 Å². The quantitative estimate of drug-likeness (QED) is 0.576. The van der Waals surface area contributed by atoms with Crippen molar-refractivity contribution in [1.29, 1.82) is 0 Å². The van der Waals surface area contributed by atoms with E-state index >= 15 is 0 Å². The van der Waals surface area contributed by atoms with Gasteiger partial charge in [-0.3, -0.25) is 0 Å². The molecule has 0 radical (unpaired) electrons. The predicted octanol–water partition coefficient (Wildman–Crippen LogP) is 4.57. The lowest BCUT2D eigenvalue weighted by Gasteiger charge is -2.27. The maximum atomic E-state index is 12.9. The van der Waals surface area contributed by atoms with Gasteiger partial charge in [0.15, 0.2) is 0 Å². The van der Waals surface area contributed by atoms with Crippen molar-refractivity contribution in [1.82, 2.24) is 0 Å². The number of halogens is 7. The van der Waals surface area contributed by atoms with Gasteiger partial charge in [0, 0.05) is 4.90 Å². The van der Waals surface area contributed by atoms with Gasteiger partial charge < -0.3 is 0 Å². The van der Waals surface area contributed by atoms with Gasteiger partial charge >= 0.3 is 17.4 Å². The molecule has 0 fully saturated rings. The summed E-state index contributed by atoms with van der Waals surface area (Å²) >= 11 is -0.824. The largest absolute Gasteiger partial charge is 0.460 e. The molecule has 0 N–H and O–H groups in total. The molecule has 17 heavy (non-hydrogen) atoms. The van der Waals surface area contributed by atoms with Gasteiger partial charge in [-0.05, 0) is 23.9 Å². The zero-order chi connectivity index (χ0) is 13.3. The minimum absolute atomic E-state index is 0.374. The van der Waals surface area contributed by atoms with Crippen molar-refractivity contribution in [3.63, 3.8) is 0 Å². The third-order valence-corrected chi connectivity index (χ3v) is 2.73. The van der Waals surface area contributed by atoms with E-state index in [1.165, 1.54) is 18.2 Å². The topological polar surface area (TPSA) is 0 Å². The Balaban J connectivity index is 2.96. The summed E-state index contributed by atoms with van der Waals surface area (Å²) in [5.41, 5.74) is 0. The van der Waals surface area contributed by atoms with Crippen LogP contribution >= 0.6 is 11.8 Å². The van der Waals surface area contributed by atoms with E-state index in [0.717, 1.165) is 12.1 Å². The Labute approximate surface area is 95.8 Å². The minimum atomic E-state index is -6.29. The summed E-state index contributed by atoms with van der Waals surface area (Å²) in [5, 5.41) is -5.26. The fourth-order valence-electron chi connectivity index (χ4n) is 0.866. The Bertz CT molecular complexity index is 371. The van der Waals surface area contributed by atoms with Gasteiger partial charge in [0.2, 0.25) is 0 Å². The lowest BCUT2D eigenvalue weighted by Crippen LogP contribution is -2.49. The normalized spacial score (nSPS) is 13.8. The average Bonchev–Trinajstić information content (AvgIpc) is 2.16. The highest BCUT2D eigenvalue weighted by Gasteiger charge is 2.73. The van der Waals surface area contributed by atoms with Crippen molar-refractivity contribution in [2.75, 3.05) is 0 Å². The van der Waals surface area contributed by atoms with E-state index in [1.807, 2.05) is 0 Å². The smallest absolute Gasteiger partial charge is 0.188 e.